The third-order valence-electron chi connectivity index (χ3n) is 8.27. The molecule has 2 aliphatic heterocycles. The highest BCUT2D eigenvalue weighted by Crippen LogP contribution is 2.50. The number of rotatable bonds is 6. The Kier molecular flexibility index (Phi) is 7.19. The third-order valence-corrected chi connectivity index (χ3v) is 8.73. The number of fused-ring (bicyclic) bond motifs is 4. The Morgan fingerprint density at radius 2 is 1.87 bits per heavy atom. The Hall–Kier alpha value is -3.19. The van der Waals surface area contributed by atoms with E-state index in [0.717, 1.165) is 66.4 Å². The average Bonchev–Trinajstić information content (AvgIpc) is 3.47. The molecule has 2 aromatic carbocycles. The van der Waals surface area contributed by atoms with E-state index in [1.807, 2.05) is 59.2 Å². The van der Waals surface area contributed by atoms with Gasteiger partial charge in [0.15, 0.2) is 0 Å². The molecule has 39 heavy (non-hydrogen) atoms. The molecule has 2 aliphatic rings. The summed E-state index contributed by atoms with van der Waals surface area (Å²) in [6.07, 6.45) is 11.1. The lowest BCUT2D eigenvalue weighted by Gasteiger charge is -2.39. The second-order valence-corrected chi connectivity index (χ2v) is 11.5. The van der Waals surface area contributed by atoms with Gasteiger partial charge in [0, 0.05) is 54.3 Å². The molecule has 1 saturated heterocycles. The van der Waals surface area contributed by atoms with E-state index in [4.69, 9.17) is 23.2 Å². The van der Waals surface area contributed by atoms with Gasteiger partial charge in [0.05, 0.1) is 11.7 Å². The largest absolute Gasteiger partial charge is 0.311 e. The third kappa shape index (κ3) is 5.21. The molecule has 1 fully saturated rings. The zero-order valence-electron chi connectivity index (χ0n) is 22.0. The molecule has 0 atom stereocenters. The van der Waals surface area contributed by atoms with E-state index in [0.29, 0.717) is 18.0 Å². The van der Waals surface area contributed by atoms with Gasteiger partial charge in [0.2, 0.25) is 5.91 Å². The molecule has 0 aliphatic carbocycles. The molecular formula is C31H31Cl2N5O. The van der Waals surface area contributed by atoms with Crippen LogP contribution in [0.2, 0.25) is 10.2 Å². The SMILES string of the molecule is Cn1ncc2c3c(ccc21)N(C(=O)CCc1ccnc(Cl)c1)CC31CCN(C/C=C/c2ccc(Cl)cc2)CC1. The molecule has 6 rings (SSSR count). The molecule has 4 aromatic rings. The number of hydrogen-bond acceptors (Lipinski definition) is 4. The summed E-state index contributed by atoms with van der Waals surface area (Å²) in [5.41, 5.74) is 5.57. The molecule has 0 unspecified atom stereocenters. The molecule has 0 bridgehead atoms. The monoisotopic (exact) mass is 559 g/mol. The smallest absolute Gasteiger partial charge is 0.227 e. The van der Waals surface area contributed by atoms with Crippen LogP contribution in [0.25, 0.3) is 17.0 Å². The Morgan fingerprint density at radius 3 is 2.64 bits per heavy atom. The summed E-state index contributed by atoms with van der Waals surface area (Å²) in [6.45, 7) is 3.59. The number of aryl methyl sites for hydroxylation is 2. The minimum Gasteiger partial charge on any atom is -0.311 e. The van der Waals surface area contributed by atoms with Crippen molar-refractivity contribution in [1.82, 2.24) is 19.7 Å². The van der Waals surface area contributed by atoms with E-state index in [1.54, 1.807) is 6.20 Å². The summed E-state index contributed by atoms with van der Waals surface area (Å²) < 4.78 is 1.93. The van der Waals surface area contributed by atoms with Crippen molar-refractivity contribution in [3.63, 3.8) is 0 Å². The van der Waals surface area contributed by atoms with Crippen molar-refractivity contribution in [2.45, 2.75) is 31.1 Å². The second kappa shape index (κ2) is 10.8. The normalized spacial score (nSPS) is 16.9. The number of benzene rings is 2. The molecule has 0 radical (unpaired) electrons. The van der Waals surface area contributed by atoms with Gasteiger partial charge in [-0.1, -0.05) is 47.5 Å². The second-order valence-electron chi connectivity index (χ2n) is 10.7. The highest BCUT2D eigenvalue weighted by atomic mass is 35.5. The molecule has 2 aromatic heterocycles. The fourth-order valence-corrected chi connectivity index (χ4v) is 6.48. The van der Waals surface area contributed by atoms with Crippen molar-refractivity contribution in [3.05, 3.63) is 93.9 Å². The number of halogens is 2. The summed E-state index contributed by atoms with van der Waals surface area (Å²) in [4.78, 5) is 22.2. The van der Waals surface area contributed by atoms with E-state index in [-0.39, 0.29) is 11.3 Å². The van der Waals surface area contributed by atoms with Crippen LogP contribution in [0.15, 0.2) is 67.0 Å². The van der Waals surface area contributed by atoms with Gasteiger partial charge in [0.1, 0.15) is 5.15 Å². The topological polar surface area (TPSA) is 54.3 Å². The van der Waals surface area contributed by atoms with Crippen LogP contribution in [0.1, 0.15) is 36.0 Å². The Morgan fingerprint density at radius 1 is 1.08 bits per heavy atom. The van der Waals surface area contributed by atoms with Crippen LogP contribution in [-0.4, -0.2) is 51.8 Å². The Balaban J connectivity index is 1.20. The van der Waals surface area contributed by atoms with Crippen LogP contribution < -0.4 is 4.90 Å². The van der Waals surface area contributed by atoms with Gasteiger partial charge in [-0.05, 0) is 85.4 Å². The maximum Gasteiger partial charge on any atom is 0.227 e. The first-order valence-corrected chi connectivity index (χ1v) is 14.2. The van der Waals surface area contributed by atoms with Gasteiger partial charge < -0.3 is 4.90 Å². The summed E-state index contributed by atoms with van der Waals surface area (Å²) in [7, 11) is 1.98. The maximum atomic E-state index is 13.6. The van der Waals surface area contributed by atoms with E-state index < -0.39 is 0 Å². The molecule has 8 heteroatoms. The summed E-state index contributed by atoms with van der Waals surface area (Å²) in [6, 6.07) is 15.9. The van der Waals surface area contributed by atoms with Crippen LogP contribution in [0.3, 0.4) is 0 Å². The van der Waals surface area contributed by atoms with E-state index in [1.165, 1.54) is 10.9 Å². The number of hydrogen-bond donors (Lipinski definition) is 0. The van der Waals surface area contributed by atoms with Crippen LogP contribution in [-0.2, 0) is 23.7 Å². The minimum atomic E-state index is -0.0656. The van der Waals surface area contributed by atoms with Gasteiger partial charge in [-0.3, -0.25) is 14.4 Å². The average molecular weight is 561 g/mol. The number of aromatic nitrogens is 3. The molecular weight excluding hydrogens is 529 g/mol. The number of anilines is 1. The number of nitrogens with zero attached hydrogens (tertiary/aromatic N) is 5. The molecule has 1 spiro atoms. The van der Waals surface area contributed by atoms with E-state index >= 15 is 0 Å². The predicted octanol–water partition coefficient (Wildman–Crippen LogP) is 6.30. The highest BCUT2D eigenvalue weighted by Gasteiger charge is 2.47. The fraction of sp³-hybridized carbons (Fsp3) is 0.323. The van der Waals surface area contributed by atoms with Crippen LogP contribution in [0, 0.1) is 0 Å². The van der Waals surface area contributed by atoms with Gasteiger partial charge >= 0.3 is 0 Å². The van der Waals surface area contributed by atoms with Gasteiger partial charge in [0.25, 0.3) is 0 Å². The number of carbonyl (C=O) groups is 1. The number of pyridine rings is 1. The first-order chi connectivity index (χ1) is 18.9. The zero-order chi connectivity index (χ0) is 27.0. The fourth-order valence-electron chi connectivity index (χ4n) is 6.16. The summed E-state index contributed by atoms with van der Waals surface area (Å²) in [5, 5.41) is 6.94. The highest BCUT2D eigenvalue weighted by molar-refractivity contribution is 6.30. The van der Waals surface area contributed by atoms with Crippen molar-refractivity contribution < 1.29 is 4.79 Å². The Labute approximate surface area is 238 Å². The molecule has 1 amide bonds. The summed E-state index contributed by atoms with van der Waals surface area (Å²) in [5.74, 6) is 0.151. The summed E-state index contributed by atoms with van der Waals surface area (Å²) >= 11 is 12.1. The lowest BCUT2D eigenvalue weighted by molar-refractivity contribution is -0.118. The molecule has 6 nitrogen and oxygen atoms in total. The van der Waals surface area contributed by atoms with Gasteiger partial charge in [-0.25, -0.2) is 4.98 Å². The van der Waals surface area contributed by atoms with Crippen molar-refractivity contribution >= 4 is 51.8 Å². The standard InChI is InChI=1S/C31H31Cl2N5O/c1-36-26-9-10-27-30(25(26)20-35-36)31(21-38(27)29(39)11-6-23-12-15-34-28(33)19-23)13-17-37(18-14-31)16-2-3-22-4-7-24(32)8-5-22/h2-5,7-10,12,15,19-20H,6,11,13-14,16-18,21H2,1H3/b3-2+. The maximum absolute atomic E-state index is 13.6. The van der Waals surface area contributed by atoms with E-state index in [9.17, 15) is 4.79 Å². The van der Waals surface area contributed by atoms with Gasteiger partial charge in [-0.15, -0.1) is 0 Å². The number of likely N-dealkylation sites (tertiary alicyclic amines) is 1. The van der Waals surface area contributed by atoms with Gasteiger partial charge in [-0.2, -0.15) is 5.10 Å². The van der Waals surface area contributed by atoms with Crippen LogP contribution in [0.4, 0.5) is 5.69 Å². The van der Waals surface area contributed by atoms with Crippen LogP contribution >= 0.6 is 23.2 Å². The lowest BCUT2D eigenvalue weighted by atomic mass is 9.73. The first-order valence-electron chi connectivity index (χ1n) is 13.4. The molecule has 4 heterocycles. The number of carbonyl (C=O) groups excluding carboxylic acids is 1. The molecule has 0 N–H and O–H groups in total. The molecule has 0 saturated carbocycles. The zero-order valence-corrected chi connectivity index (χ0v) is 23.5. The number of piperidine rings is 1. The quantitative estimate of drug-likeness (QED) is 0.260. The number of amides is 1. The van der Waals surface area contributed by atoms with Crippen LogP contribution in [0.5, 0.6) is 0 Å². The van der Waals surface area contributed by atoms with Crippen molar-refractivity contribution in [2.24, 2.45) is 7.05 Å². The predicted molar refractivity (Wildman–Crippen MR) is 158 cm³/mol. The molecule has 200 valence electrons. The van der Waals surface area contributed by atoms with E-state index in [2.05, 4.69) is 39.3 Å². The first kappa shape index (κ1) is 26.1. The van der Waals surface area contributed by atoms with Crippen molar-refractivity contribution in [3.8, 4) is 0 Å². The lowest BCUT2D eigenvalue weighted by Crippen LogP contribution is -2.46. The Bertz CT molecular complexity index is 1540. The van der Waals surface area contributed by atoms with Crippen molar-refractivity contribution in [1.29, 1.82) is 0 Å². The minimum absolute atomic E-state index is 0.0656. The van der Waals surface area contributed by atoms with Crippen molar-refractivity contribution in [2.75, 3.05) is 31.1 Å².